The van der Waals surface area contributed by atoms with Gasteiger partial charge in [-0.25, -0.2) is 4.79 Å². The van der Waals surface area contributed by atoms with Crippen molar-refractivity contribution in [1.29, 1.82) is 0 Å². The summed E-state index contributed by atoms with van der Waals surface area (Å²) in [6.07, 6.45) is 5.75. The second-order valence-corrected chi connectivity index (χ2v) is 6.59. The van der Waals surface area contributed by atoms with Crippen molar-refractivity contribution < 1.29 is 14.4 Å². The molecule has 0 aromatic heterocycles. The van der Waals surface area contributed by atoms with Crippen molar-refractivity contribution in [1.82, 2.24) is 15.5 Å². The molecule has 1 aliphatic carbocycles. The zero-order chi connectivity index (χ0) is 14.4. The molecule has 3 fully saturated rings. The van der Waals surface area contributed by atoms with Gasteiger partial charge in [0, 0.05) is 12.0 Å². The van der Waals surface area contributed by atoms with Crippen LogP contribution in [0.1, 0.15) is 45.4 Å². The van der Waals surface area contributed by atoms with Crippen molar-refractivity contribution in [3.8, 4) is 0 Å². The molecule has 3 aliphatic rings. The Balaban J connectivity index is 1.72. The molecule has 4 amide bonds. The van der Waals surface area contributed by atoms with Gasteiger partial charge in [0.25, 0.3) is 5.91 Å². The Bertz CT molecular complexity index is 470. The first-order valence-electron chi connectivity index (χ1n) is 7.38. The largest absolute Gasteiger partial charge is 0.339 e. The van der Waals surface area contributed by atoms with Gasteiger partial charge >= 0.3 is 6.03 Å². The molecular weight excluding hydrogens is 258 g/mol. The molecule has 2 aliphatic heterocycles. The van der Waals surface area contributed by atoms with E-state index in [0.29, 0.717) is 19.5 Å². The summed E-state index contributed by atoms with van der Waals surface area (Å²) in [6, 6.07) is -0.451. The molecule has 1 saturated carbocycles. The molecule has 0 radical (unpaired) electrons. The lowest BCUT2D eigenvalue weighted by Gasteiger charge is -2.36. The highest BCUT2D eigenvalue weighted by atomic mass is 16.2. The normalized spacial score (nSPS) is 32.4. The summed E-state index contributed by atoms with van der Waals surface area (Å²) in [5.41, 5.74) is -1.18. The maximum absolute atomic E-state index is 12.7. The summed E-state index contributed by atoms with van der Waals surface area (Å²) in [4.78, 5) is 37.7. The van der Waals surface area contributed by atoms with Crippen LogP contribution < -0.4 is 10.6 Å². The van der Waals surface area contributed by atoms with Crippen molar-refractivity contribution in [2.75, 3.05) is 13.1 Å². The summed E-state index contributed by atoms with van der Waals surface area (Å²) in [5.74, 6) is -0.158. The summed E-state index contributed by atoms with van der Waals surface area (Å²) >= 11 is 0. The van der Waals surface area contributed by atoms with E-state index in [1.165, 1.54) is 6.42 Å². The van der Waals surface area contributed by atoms with Crippen LogP contribution >= 0.6 is 0 Å². The summed E-state index contributed by atoms with van der Waals surface area (Å²) in [7, 11) is 0. The minimum Gasteiger partial charge on any atom is -0.339 e. The van der Waals surface area contributed by atoms with Crippen LogP contribution in [0.15, 0.2) is 0 Å². The number of carbonyl (C=O) groups is 3. The van der Waals surface area contributed by atoms with Gasteiger partial charge in [-0.2, -0.15) is 0 Å². The SMILES string of the molecule is CC1(C(=O)N2CCC3(C2)NC(=O)NC3=O)CCCCC1. The highest BCUT2D eigenvalue weighted by molar-refractivity contribution is 6.07. The molecule has 1 unspecified atom stereocenters. The van der Waals surface area contributed by atoms with Gasteiger partial charge in [-0.1, -0.05) is 26.2 Å². The Morgan fingerprint density at radius 3 is 2.45 bits per heavy atom. The Kier molecular flexibility index (Phi) is 2.99. The van der Waals surface area contributed by atoms with Gasteiger partial charge in [-0.15, -0.1) is 0 Å². The average Bonchev–Trinajstić information content (AvgIpc) is 2.95. The topological polar surface area (TPSA) is 78.5 Å². The molecule has 0 aromatic carbocycles. The van der Waals surface area contributed by atoms with E-state index in [1.807, 2.05) is 6.92 Å². The lowest BCUT2D eigenvalue weighted by atomic mass is 9.74. The van der Waals surface area contributed by atoms with E-state index in [-0.39, 0.29) is 17.2 Å². The zero-order valence-electron chi connectivity index (χ0n) is 11.8. The number of likely N-dealkylation sites (tertiary alicyclic amines) is 1. The molecule has 3 rings (SSSR count). The minimum absolute atomic E-state index is 0.142. The summed E-state index contributed by atoms with van der Waals surface area (Å²) in [5, 5.41) is 4.96. The Morgan fingerprint density at radius 2 is 1.85 bits per heavy atom. The summed E-state index contributed by atoms with van der Waals surface area (Å²) < 4.78 is 0. The number of amides is 4. The van der Waals surface area contributed by atoms with Crippen molar-refractivity contribution in [2.24, 2.45) is 5.41 Å². The number of imide groups is 1. The first kappa shape index (κ1) is 13.4. The summed E-state index contributed by atoms with van der Waals surface area (Å²) in [6.45, 7) is 2.88. The Morgan fingerprint density at radius 1 is 1.15 bits per heavy atom. The zero-order valence-corrected chi connectivity index (χ0v) is 11.8. The first-order valence-corrected chi connectivity index (χ1v) is 7.38. The molecule has 0 aromatic rings. The van der Waals surface area contributed by atoms with Crippen LogP contribution in [-0.4, -0.2) is 41.4 Å². The van der Waals surface area contributed by atoms with E-state index < -0.39 is 11.6 Å². The van der Waals surface area contributed by atoms with Crippen LogP contribution in [0.25, 0.3) is 0 Å². The lowest BCUT2D eigenvalue weighted by molar-refractivity contribution is -0.142. The third-order valence-corrected chi connectivity index (χ3v) is 5.04. The van der Waals surface area contributed by atoms with Gasteiger partial charge in [0.1, 0.15) is 5.54 Å². The number of hydrogen-bond acceptors (Lipinski definition) is 3. The number of nitrogens with one attached hydrogen (secondary N) is 2. The second-order valence-electron chi connectivity index (χ2n) is 6.59. The number of nitrogens with zero attached hydrogens (tertiary/aromatic N) is 1. The molecule has 6 nitrogen and oxygen atoms in total. The smallest absolute Gasteiger partial charge is 0.322 e. The van der Waals surface area contributed by atoms with Gasteiger partial charge in [-0.05, 0) is 19.3 Å². The third kappa shape index (κ3) is 1.98. The molecule has 2 heterocycles. The van der Waals surface area contributed by atoms with E-state index in [0.717, 1.165) is 25.7 Å². The molecule has 20 heavy (non-hydrogen) atoms. The molecule has 2 N–H and O–H groups in total. The van der Waals surface area contributed by atoms with E-state index in [1.54, 1.807) is 4.90 Å². The van der Waals surface area contributed by atoms with Crippen LogP contribution in [0.4, 0.5) is 4.79 Å². The molecule has 0 bridgehead atoms. The van der Waals surface area contributed by atoms with Crippen LogP contribution in [0, 0.1) is 5.41 Å². The monoisotopic (exact) mass is 279 g/mol. The van der Waals surface area contributed by atoms with Gasteiger partial charge in [0.05, 0.1) is 6.54 Å². The van der Waals surface area contributed by atoms with Crippen molar-refractivity contribution in [2.45, 2.75) is 51.0 Å². The van der Waals surface area contributed by atoms with Crippen molar-refractivity contribution >= 4 is 17.8 Å². The number of urea groups is 1. The quantitative estimate of drug-likeness (QED) is 0.696. The standard InChI is InChI=1S/C14H21N3O3/c1-13(5-3-2-4-6-13)11(19)17-8-7-14(9-17)10(18)15-12(20)16-14/h2-9H2,1H3,(H2,15,16,18,20). The fraction of sp³-hybridized carbons (Fsp3) is 0.786. The van der Waals surface area contributed by atoms with Gasteiger partial charge in [0.2, 0.25) is 5.91 Å². The number of carbonyl (C=O) groups excluding carboxylic acids is 3. The second kappa shape index (κ2) is 4.46. The van der Waals surface area contributed by atoms with E-state index in [4.69, 9.17) is 0 Å². The number of hydrogen-bond donors (Lipinski definition) is 2. The molecule has 6 heteroatoms. The lowest BCUT2D eigenvalue weighted by Crippen LogP contribution is -2.51. The predicted molar refractivity (Wildman–Crippen MR) is 71.8 cm³/mol. The molecule has 1 spiro atoms. The molecule has 2 saturated heterocycles. The van der Waals surface area contributed by atoms with Crippen molar-refractivity contribution in [3.05, 3.63) is 0 Å². The maximum Gasteiger partial charge on any atom is 0.322 e. The molecular formula is C14H21N3O3. The Hall–Kier alpha value is -1.59. The van der Waals surface area contributed by atoms with Crippen LogP contribution in [-0.2, 0) is 9.59 Å². The third-order valence-electron chi connectivity index (χ3n) is 5.04. The van der Waals surface area contributed by atoms with Gasteiger partial charge in [0.15, 0.2) is 0 Å². The highest BCUT2D eigenvalue weighted by Gasteiger charge is 2.53. The molecule has 110 valence electrons. The Labute approximate surface area is 118 Å². The van der Waals surface area contributed by atoms with Crippen LogP contribution in [0.2, 0.25) is 0 Å². The number of rotatable bonds is 1. The molecule has 1 atom stereocenters. The van der Waals surface area contributed by atoms with E-state index in [2.05, 4.69) is 10.6 Å². The van der Waals surface area contributed by atoms with Crippen LogP contribution in [0.5, 0.6) is 0 Å². The maximum atomic E-state index is 12.7. The minimum atomic E-state index is -0.891. The highest BCUT2D eigenvalue weighted by Crippen LogP contribution is 2.39. The predicted octanol–water partition coefficient (Wildman–Crippen LogP) is 0.767. The van der Waals surface area contributed by atoms with E-state index in [9.17, 15) is 14.4 Å². The van der Waals surface area contributed by atoms with E-state index >= 15 is 0 Å². The van der Waals surface area contributed by atoms with Gasteiger partial charge in [-0.3, -0.25) is 14.9 Å². The van der Waals surface area contributed by atoms with Gasteiger partial charge < -0.3 is 10.2 Å². The average molecular weight is 279 g/mol. The van der Waals surface area contributed by atoms with Crippen LogP contribution in [0.3, 0.4) is 0 Å². The fourth-order valence-corrected chi connectivity index (χ4v) is 3.73. The van der Waals surface area contributed by atoms with Crippen molar-refractivity contribution in [3.63, 3.8) is 0 Å². The fourth-order valence-electron chi connectivity index (χ4n) is 3.73. The first-order chi connectivity index (χ1) is 9.45.